The molecule has 0 radical (unpaired) electrons. The number of nitrogens with zero attached hydrogens (tertiary/aromatic N) is 3. The van der Waals surface area contributed by atoms with Gasteiger partial charge in [-0.15, -0.1) is 0 Å². The Labute approximate surface area is 250 Å². The molecule has 3 amide bonds. The zero-order chi connectivity index (χ0) is 31.8. The van der Waals surface area contributed by atoms with Gasteiger partial charge in [0, 0.05) is 11.4 Å². The minimum Gasteiger partial charge on any atom is -0.478 e. The Kier molecular flexibility index (Phi) is 7.61. The van der Waals surface area contributed by atoms with Gasteiger partial charge in [0.2, 0.25) is 0 Å². The zero-order valence-corrected chi connectivity index (χ0v) is 23.5. The second-order valence-electron chi connectivity index (χ2n) is 10.6. The van der Waals surface area contributed by atoms with Crippen LogP contribution in [0.3, 0.4) is 0 Å². The Hall–Kier alpha value is -5.63. The first-order chi connectivity index (χ1) is 20.8. The first kappa shape index (κ1) is 29.8. The number of amides is 3. The average Bonchev–Trinajstić information content (AvgIpc) is 3.16. The van der Waals surface area contributed by atoms with Crippen LogP contribution in [0.1, 0.15) is 40.9 Å². The number of imide groups is 1. The van der Waals surface area contributed by atoms with Crippen molar-refractivity contribution in [2.45, 2.75) is 32.1 Å². The number of halogens is 3. The molecule has 1 heterocycles. The third-order valence-electron chi connectivity index (χ3n) is 7.49. The minimum atomic E-state index is -4.85. The Bertz CT molecular complexity index is 1810. The van der Waals surface area contributed by atoms with E-state index in [4.69, 9.17) is 10.4 Å². The third kappa shape index (κ3) is 5.57. The Morgan fingerprint density at radius 1 is 0.932 bits per heavy atom. The van der Waals surface area contributed by atoms with Gasteiger partial charge >= 0.3 is 18.2 Å². The number of hydrogen-bond donors (Lipinski definition) is 2. The van der Waals surface area contributed by atoms with Crippen molar-refractivity contribution in [3.63, 3.8) is 0 Å². The van der Waals surface area contributed by atoms with Gasteiger partial charge in [-0.05, 0) is 79.1 Å². The standard InChI is InChI=1S/C33H25F3N4O4/c1-32(2)30(43)40(26-16-13-23(18-37)27(17-26)33(34,35)36)31(44)39(32)19-24-5-3-4-6-28(24)38-25-14-11-21(12-15-25)20-7-9-22(10-8-20)29(41)42/h3-17,38H,19H2,1-2H3,(H,41,42). The van der Waals surface area contributed by atoms with Crippen LogP contribution in [0.25, 0.3) is 11.1 Å². The van der Waals surface area contributed by atoms with Gasteiger partial charge in [0.15, 0.2) is 0 Å². The number of carboxylic acids is 1. The van der Waals surface area contributed by atoms with Crippen molar-refractivity contribution in [2.75, 3.05) is 10.2 Å². The number of aromatic carboxylic acids is 1. The summed E-state index contributed by atoms with van der Waals surface area (Å²) in [5.74, 6) is -1.70. The van der Waals surface area contributed by atoms with E-state index in [0.717, 1.165) is 28.9 Å². The molecule has 1 saturated heterocycles. The molecule has 8 nitrogen and oxygen atoms in total. The predicted molar refractivity (Wildman–Crippen MR) is 157 cm³/mol. The highest BCUT2D eigenvalue weighted by Crippen LogP contribution is 2.39. The molecule has 0 unspecified atom stereocenters. The van der Waals surface area contributed by atoms with Crippen LogP contribution in [0.5, 0.6) is 0 Å². The lowest BCUT2D eigenvalue weighted by molar-refractivity contribution is -0.137. The summed E-state index contributed by atoms with van der Waals surface area (Å²) >= 11 is 0. The smallest absolute Gasteiger partial charge is 0.417 e. The molecular weight excluding hydrogens is 573 g/mol. The van der Waals surface area contributed by atoms with E-state index in [9.17, 15) is 27.6 Å². The maximum absolute atomic E-state index is 13.6. The van der Waals surface area contributed by atoms with E-state index in [1.807, 2.05) is 24.3 Å². The maximum atomic E-state index is 13.6. The molecule has 0 aliphatic carbocycles. The van der Waals surface area contributed by atoms with E-state index >= 15 is 0 Å². The molecule has 0 spiro atoms. The van der Waals surface area contributed by atoms with E-state index < -0.39 is 40.7 Å². The number of urea groups is 1. The molecule has 11 heteroatoms. The summed E-state index contributed by atoms with van der Waals surface area (Å²) in [6.07, 6.45) is -4.85. The van der Waals surface area contributed by atoms with E-state index in [1.54, 1.807) is 36.4 Å². The average molecular weight is 599 g/mol. The number of hydrogen-bond acceptors (Lipinski definition) is 5. The minimum absolute atomic E-state index is 0.0202. The molecule has 1 fully saturated rings. The molecule has 5 rings (SSSR count). The highest BCUT2D eigenvalue weighted by Gasteiger charge is 2.52. The number of alkyl halides is 3. The molecule has 2 N–H and O–H groups in total. The van der Waals surface area contributed by atoms with Crippen molar-refractivity contribution >= 4 is 35.0 Å². The van der Waals surface area contributed by atoms with Crippen molar-refractivity contribution in [1.29, 1.82) is 5.26 Å². The summed E-state index contributed by atoms with van der Waals surface area (Å²) < 4.78 is 40.8. The lowest BCUT2D eigenvalue weighted by atomic mass is 10.0. The van der Waals surface area contributed by atoms with Gasteiger partial charge in [-0.25, -0.2) is 14.5 Å². The summed E-state index contributed by atoms with van der Waals surface area (Å²) in [6.45, 7) is 3.03. The fourth-order valence-corrected chi connectivity index (χ4v) is 4.99. The number of carbonyl (C=O) groups is 3. The van der Waals surface area contributed by atoms with E-state index in [2.05, 4.69) is 5.32 Å². The molecule has 0 saturated carbocycles. The molecule has 4 aromatic carbocycles. The zero-order valence-electron chi connectivity index (χ0n) is 23.5. The van der Waals surface area contributed by atoms with Crippen LogP contribution in [0.2, 0.25) is 0 Å². The number of nitriles is 1. The largest absolute Gasteiger partial charge is 0.478 e. The highest BCUT2D eigenvalue weighted by atomic mass is 19.4. The Morgan fingerprint density at radius 2 is 1.55 bits per heavy atom. The fourth-order valence-electron chi connectivity index (χ4n) is 4.99. The molecule has 0 aromatic heterocycles. The van der Waals surface area contributed by atoms with Crippen LogP contribution < -0.4 is 10.2 Å². The van der Waals surface area contributed by atoms with Crippen LogP contribution in [0, 0.1) is 11.3 Å². The summed E-state index contributed by atoms with van der Waals surface area (Å²) in [5.41, 5.74) is 0.455. The molecule has 222 valence electrons. The summed E-state index contributed by atoms with van der Waals surface area (Å²) in [5, 5.41) is 21.6. The summed E-state index contributed by atoms with van der Waals surface area (Å²) in [4.78, 5) is 40.1. The molecule has 0 atom stereocenters. The quantitative estimate of drug-likeness (QED) is 0.214. The van der Waals surface area contributed by atoms with Gasteiger partial charge in [0.1, 0.15) is 5.54 Å². The Morgan fingerprint density at radius 3 is 2.14 bits per heavy atom. The highest BCUT2D eigenvalue weighted by molar-refractivity contribution is 6.23. The van der Waals surface area contributed by atoms with Crippen LogP contribution >= 0.6 is 0 Å². The first-order valence-electron chi connectivity index (χ1n) is 13.4. The Balaban J connectivity index is 1.39. The van der Waals surface area contributed by atoms with Crippen molar-refractivity contribution in [3.8, 4) is 17.2 Å². The van der Waals surface area contributed by atoms with E-state index in [0.29, 0.717) is 22.2 Å². The van der Waals surface area contributed by atoms with Crippen molar-refractivity contribution in [1.82, 2.24) is 4.90 Å². The molecule has 0 bridgehead atoms. The van der Waals surface area contributed by atoms with Gasteiger partial charge < -0.3 is 15.3 Å². The van der Waals surface area contributed by atoms with Gasteiger partial charge in [-0.3, -0.25) is 4.79 Å². The van der Waals surface area contributed by atoms with Crippen molar-refractivity contribution in [3.05, 3.63) is 113 Å². The second kappa shape index (κ2) is 11.2. The van der Waals surface area contributed by atoms with Gasteiger partial charge in [-0.2, -0.15) is 18.4 Å². The fraction of sp³-hybridized carbons (Fsp3) is 0.152. The molecule has 1 aliphatic heterocycles. The number of nitrogens with one attached hydrogen (secondary N) is 1. The predicted octanol–water partition coefficient (Wildman–Crippen LogP) is 7.43. The molecule has 4 aromatic rings. The number of benzene rings is 4. The summed E-state index contributed by atoms with van der Waals surface area (Å²) in [6, 6.07) is 24.6. The van der Waals surface area contributed by atoms with E-state index in [1.165, 1.54) is 36.9 Å². The van der Waals surface area contributed by atoms with Crippen LogP contribution in [-0.4, -0.2) is 33.5 Å². The summed E-state index contributed by atoms with van der Waals surface area (Å²) in [7, 11) is 0. The maximum Gasteiger partial charge on any atom is 0.417 e. The van der Waals surface area contributed by atoms with Gasteiger partial charge in [0.05, 0.1) is 35.0 Å². The first-order valence-corrected chi connectivity index (χ1v) is 13.4. The topological polar surface area (TPSA) is 114 Å². The van der Waals surface area contributed by atoms with Crippen LogP contribution in [0.15, 0.2) is 91.0 Å². The van der Waals surface area contributed by atoms with Crippen molar-refractivity contribution < 1.29 is 32.7 Å². The number of para-hydroxylation sites is 1. The lowest BCUT2D eigenvalue weighted by Crippen LogP contribution is -2.43. The second-order valence-corrected chi connectivity index (χ2v) is 10.6. The van der Waals surface area contributed by atoms with Crippen LogP contribution in [-0.2, 0) is 17.5 Å². The number of rotatable bonds is 7. The lowest BCUT2D eigenvalue weighted by Gasteiger charge is -2.28. The van der Waals surface area contributed by atoms with Crippen molar-refractivity contribution in [2.24, 2.45) is 0 Å². The molecular formula is C33H25F3N4O4. The normalized spacial score (nSPS) is 14.5. The monoisotopic (exact) mass is 598 g/mol. The number of carboxylic acid groups (broad SMARTS) is 1. The van der Waals surface area contributed by atoms with Crippen LogP contribution in [0.4, 0.5) is 35.0 Å². The number of carbonyl (C=O) groups excluding carboxylic acids is 2. The number of anilines is 3. The van der Waals surface area contributed by atoms with Gasteiger partial charge in [0.25, 0.3) is 5.91 Å². The van der Waals surface area contributed by atoms with Gasteiger partial charge in [-0.1, -0.05) is 42.5 Å². The third-order valence-corrected chi connectivity index (χ3v) is 7.49. The SMILES string of the molecule is CC1(C)C(=O)N(c2ccc(C#N)c(C(F)(F)F)c2)C(=O)N1Cc1ccccc1Nc1ccc(-c2ccc(C(=O)O)cc2)cc1. The van der Waals surface area contributed by atoms with E-state index in [-0.39, 0.29) is 17.8 Å². The molecule has 1 aliphatic rings. The molecule has 44 heavy (non-hydrogen) atoms.